The fraction of sp³-hybridized carbons (Fsp3) is 0.474. The predicted octanol–water partition coefficient (Wildman–Crippen LogP) is 1.75. The van der Waals surface area contributed by atoms with Crippen LogP contribution in [0.15, 0.2) is 24.3 Å². The summed E-state index contributed by atoms with van der Waals surface area (Å²) in [5, 5.41) is 3.44. The van der Waals surface area contributed by atoms with Crippen molar-refractivity contribution >= 4 is 5.82 Å². The Morgan fingerprint density at radius 1 is 1.16 bits per heavy atom. The highest BCUT2D eigenvalue weighted by Gasteiger charge is 2.25. The average molecular weight is 340 g/mol. The number of likely N-dealkylation sites (N-methyl/N-ethyl adjacent to an activating group) is 1. The van der Waals surface area contributed by atoms with Gasteiger partial charge in [0.05, 0.1) is 12.2 Å². The molecule has 0 spiro atoms. The first-order valence-electron chi connectivity index (χ1n) is 8.87. The molecule has 4 rings (SSSR count). The van der Waals surface area contributed by atoms with Gasteiger partial charge in [0.1, 0.15) is 18.2 Å². The minimum atomic E-state index is -0.0188. The molecule has 0 bridgehead atoms. The molecule has 132 valence electrons. The van der Waals surface area contributed by atoms with Gasteiger partial charge in [-0.3, -0.25) is 0 Å². The molecule has 2 aliphatic rings. The molecule has 3 heterocycles. The van der Waals surface area contributed by atoms with Crippen LogP contribution in [0.3, 0.4) is 0 Å². The standard InChI is InChI=1S/C19H24N4O2/c1-13-21-16-8-10-20-9-7-15(16)19(22-13)23(2)11-14-12-24-17-5-3-4-6-18(17)25-14/h3-6,14,20H,7-12H2,1-2H3/t14-/m1/s1. The van der Waals surface area contributed by atoms with E-state index in [4.69, 9.17) is 14.5 Å². The highest BCUT2D eigenvalue weighted by molar-refractivity contribution is 5.50. The fourth-order valence-electron chi connectivity index (χ4n) is 3.51. The van der Waals surface area contributed by atoms with Crippen LogP contribution in [-0.2, 0) is 12.8 Å². The predicted molar refractivity (Wildman–Crippen MR) is 96.7 cm³/mol. The van der Waals surface area contributed by atoms with Crippen LogP contribution < -0.4 is 19.7 Å². The number of aromatic nitrogens is 2. The maximum absolute atomic E-state index is 6.10. The van der Waals surface area contributed by atoms with E-state index in [-0.39, 0.29) is 6.10 Å². The molecule has 0 unspecified atom stereocenters. The monoisotopic (exact) mass is 340 g/mol. The largest absolute Gasteiger partial charge is 0.486 e. The molecule has 1 aromatic heterocycles. The molecular formula is C19H24N4O2. The Morgan fingerprint density at radius 3 is 2.84 bits per heavy atom. The van der Waals surface area contributed by atoms with Gasteiger partial charge in [0.25, 0.3) is 0 Å². The lowest BCUT2D eigenvalue weighted by Crippen LogP contribution is -2.40. The molecule has 1 aromatic carbocycles. The van der Waals surface area contributed by atoms with E-state index in [1.165, 1.54) is 11.3 Å². The smallest absolute Gasteiger partial charge is 0.161 e. The maximum atomic E-state index is 6.10. The van der Waals surface area contributed by atoms with Crippen molar-refractivity contribution in [3.05, 3.63) is 41.3 Å². The van der Waals surface area contributed by atoms with Crippen LogP contribution >= 0.6 is 0 Å². The number of aryl methyl sites for hydroxylation is 1. The Kier molecular flexibility index (Phi) is 4.44. The zero-order valence-corrected chi connectivity index (χ0v) is 14.8. The van der Waals surface area contributed by atoms with Crippen LogP contribution in [0.5, 0.6) is 11.5 Å². The molecule has 0 saturated heterocycles. The summed E-state index contributed by atoms with van der Waals surface area (Å²) in [6, 6.07) is 7.82. The van der Waals surface area contributed by atoms with Crippen molar-refractivity contribution in [1.29, 1.82) is 0 Å². The number of para-hydroxylation sites is 2. The molecule has 0 fully saturated rings. The number of ether oxygens (including phenoxy) is 2. The lowest BCUT2D eigenvalue weighted by Gasteiger charge is -2.31. The second-order valence-electron chi connectivity index (χ2n) is 6.65. The molecule has 6 heteroatoms. The quantitative estimate of drug-likeness (QED) is 0.919. The molecule has 0 amide bonds. The average Bonchev–Trinajstić information content (AvgIpc) is 2.86. The van der Waals surface area contributed by atoms with Crippen molar-refractivity contribution in [2.24, 2.45) is 0 Å². The van der Waals surface area contributed by atoms with Gasteiger partial charge in [-0.1, -0.05) is 12.1 Å². The first-order valence-corrected chi connectivity index (χ1v) is 8.87. The summed E-state index contributed by atoms with van der Waals surface area (Å²) in [4.78, 5) is 11.6. The van der Waals surface area contributed by atoms with E-state index in [1.807, 2.05) is 31.2 Å². The third kappa shape index (κ3) is 3.39. The zero-order chi connectivity index (χ0) is 17.2. The fourth-order valence-corrected chi connectivity index (χ4v) is 3.51. The zero-order valence-electron chi connectivity index (χ0n) is 14.8. The highest BCUT2D eigenvalue weighted by Crippen LogP contribution is 2.31. The van der Waals surface area contributed by atoms with Gasteiger partial charge in [-0.25, -0.2) is 9.97 Å². The maximum Gasteiger partial charge on any atom is 0.161 e. The van der Waals surface area contributed by atoms with Gasteiger partial charge in [-0.2, -0.15) is 0 Å². The van der Waals surface area contributed by atoms with E-state index < -0.39 is 0 Å². The Balaban J connectivity index is 1.54. The van der Waals surface area contributed by atoms with Gasteiger partial charge in [0, 0.05) is 25.6 Å². The number of hydrogen-bond donors (Lipinski definition) is 1. The molecule has 1 atom stereocenters. The third-order valence-electron chi connectivity index (χ3n) is 4.68. The van der Waals surface area contributed by atoms with Crippen LogP contribution in [-0.4, -0.2) is 49.4 Å². The number of nitrogens with zero attached hydrogens (tertiary/aromatic N) is 3. The number of fused-ring (bicyclic) bond motifs is 2. The van der Waals surface area contributed by atoms with Crippen LogP contribution in [0, 0.1) is 6.92 Å². The van der Waals surface area contributed by atoms with Gasteiger partial charge in [-0.05, 0) is 32.0 Å². The van der Waals surface area contributed by atoms with Gasteiger partial charge in [0.15, 0.2) is 17.6 Å². The van der Waals surface area contributed by atoms with E-state index >= 15 is 0 Å². The number of hydrogen-bond acceptors (Lipinski definition) is 6. The van der Waals surface area contributed by atoms with Gasteiger partial charge >= 0.3 is 0 Å². The first-order chi connectivity index (χ1) is 12.2. The second kappa shape index (κ2) is 6.88. The van der Waals surface area contributed by atoms with Gasteiger partial charge in [-0.15, -0.1) is 0 Å². The van der Waals surface area contributed by atoms with Gasteiger partial charge in [0.2, 0.25) is 0 Å². The van der Waals surface area contributed by atoms with Crippen molar-refractivity contribution in [2.45, 2.75) is 25.9 Å². The van der Waals surface area contributed by atoms with Crippen LogP contribution in [0.4, 0.5) is 5.82 Å². The summed E-state index contributed by atoms with van der Waals surface area (Å²) in [7, 11) is 2.07. The molecule has 0 radical (unpaired) electrons. The number of benzene rings is 1. The Bertz CT molecular complexity index is 765. The summed E-state index contributed by atoms with van der Waals surface area (Å²) in [5.74, 6) is 3.48. The Labute approximate surface area is 148 Å². The summed E-state index contributed by atoms with van der Waals surface area (Å²) < 4.78 is 11.9. The van der Waals surface area contributed by atoms with Crippen LogP contribution in [0.2, 0.25) is 0 Å². The highest BCUT2D eigenvalue weighted by atomic mass is 16.6. The van der Waals surface area contributed by atoms with Crippen molar-refractivity contribution < 1.29 is 9.47 Å². The third-order valence-corrected chi connectivity index (χ3v) is 4.68. The molecule has 2 aromatic rings. The lowest BCUT2D eigenvalue weighted by atomic mass is 10.1. The summed E-state index contributed by atoms with van der Waals surface area (Å²) in [6.45, 7) is 5.19. The Hall–Kier alpha value is -2.34. The Morgan fingerprint density at radius 2 is 1.96 bits per heavy atom. The molecule has 0 aliphatic carbocycles. The van der Waals surface area contributed by atoms with Crippen LogP contribution in [0.1, 0.15) is 17.1 Å². The number of rotatable bonds is 3. The van der Waals surface area contributed by atoms with E-state index in [1.54, 1.807) is 0 Å². The van der Waals surface area contributed by atoms with E-state index in [0.29, 0.717) is 6.61 Å². The summed E-state index contributed by atoms with van der Waals surface area (Å²) in [6.07, 6.45) is 1.89. The number of nitrogens with one attached hydrogen (secondary N) is 1. The molecular weight excluding hydrogens is 316 g/mol. The topological polar surface area (TPSA) is 59.5 Å². The van der Waals surface area contributed by atoms with E-state index in [0.717, 1.165) is 55.6 Å². The van der Waals surface area contributed by atoms with Gasteiger partial charge < -0.3 is 19.7 Å². The number of anilines is 1. The van der Waals surface area contributed by atoms with Crippen molar-refractivity contribution in [1.82, 2.24) is 15.3 Å². The molecule has 2 aliphatic heterocycles. The SMILES string of the molecule is Cc1nc2c(c(N(C)C[C@@H]3COc4ccccc4O3)n1)CCNCC2. The lowest BCUT2D eigenvalue weighted by molar-refractivity contribution is 0.0959. The normalized spacial score (nSPS) is 19.0. The van der Waals surface area contributed by atoms with E-state index in [9.17, 15) is 0 Å². The molecule has 6 nitrogen and oxygen atoms in total. The van der Waals surface area contributed by atoms with Crippen molar-refractivity contribution in [3.8, 4) is 11.5 Å². The molecule has 0 saturated carbocycles. The minimum Gasteiger partial charge on any atom is -0.486 e. The molecule has 1 N–H and O–H groups in total. The minimum absolute atomic E-state index is 0.0188. The first kappa shape index (κ1) is 16.1. The van der Waals surface area contributed by atoms with Crippen molar-refractivity contribution in [3.63, 3.8) is 0 Å². The summed E-state index contributed by atoms with van der Waals surface area (Å²) in [5.41, 5.74) is 2.43. The molecule has 25 heavy (non-hydrogen) atoms. The second-order valence-corrected chi connectivity index (χ2v) is 6.65. The van der Waals surface area contributed by atoms with Crippen molar-refractivity contribution in [2.75, 3.05) is 38.2 Å². The summed E-state index contributed by atoms with van der Waals surface area (Å²) >= 11 is 0. The van der Waals surface area contributed by atoms with Crippen LogP contribution in [0.25, 0.3) is 0 Å². The van der Waals surface area contributed by atoms with E-state index in [2.05, 4.69) is 22.2 Å².